The van der Waals surface area contributed by atoms with Crippen LogP contribution in [0.2, 0.25) is 10.0 Å². The van der Waals surface area contributed by atoms with Crippen molar-refractivity contribution in [2.75, 3.05) is 18.1 Å². The zero-order chi connectivity index (χ0) is 25.6. The van der Waals surface area contributed by atoms with E-state index in [1.807, 2.05) is 0 Å². The lowest BCUT2D eigenvalue weighted by Gasteiger charge is -2.18. The van der Waals surface area contributed by atoms with Gasteiger partial charge in [0, 0.05) is 29.5 Å². The first kappa shape index (κ1) is 26.6. The number of hydrogen-bond acceptors (Lipinski definition) is 7. The van der Waals surface area contributed by atoms with E-state index in [-0.39, 0.29) is 30.8 Å². The smallest absolute Gasteiger partial charge is 0.339 e. The van der Waals surface area contributed by atoms with Gasteiger partial charge in [-0.1, -0.05) is 23.2 Å². The molecule has 0 saturated carbocycles. The van der Waals surface area contributed by atoms with Crippen LogP contribution in [0.25, 0.3) is 11.3 Å². The van der Waals surface area contributed by atoms with Crippen molar-refractivity contribution < 1.29 is 27.5 Å². The summed E-state index contributed by atoms with van der Waals surface area (Å²) in [6.07, 6.45) is 3.56. The number of carboxylic acids is 1. The molecule has 2 heterocycles. The van der Waals surface area contributed by atoms with Crippen LogP contribution in [0.15, 0.2) is 53.2 Å². The summed E-state index contributed by atoms with van der Waals surface area (Å²) in [5, 5.41) is 15.8. The van der Waals surface area contributed by atoms with Crippen LogP contribution in [0.1, 0.15) is 22.5 Å². The molecule has 0 aliphatic rings. The number of carbonyl (C=O) groups is 2. The van der Waals surface area contributed by atoms with Crippen LogP contribution in [0.5, 0.6) is 0 Å². The van der Waals surface area contributed by atoms with Gasteiger partial charge in [-0.25, -0.2) is 17.9 Å². The van der Waals surface area contributed by atoms with Crippen LogP contribution in [0, 0.1) is 0 Å². The third-order valence-corrected chi connectivity index (χ3v) is 6.09. The van der Waals surface area contributed by atoms with E-state index in [1.54, 1.807) is 30.3 Å². The molecule has 3 aromatic rings. The molecule has 1 aromatic carbocycles. The number of pyridine rings is 1. The molecule has 0 aliphatic heterocycles. The monoisotopic (exact) mass is 540 g/mol. The van der Waals surface area contributed by atoms with Crippen molar-refractivity contribution in [1.82, 2.24) is 15.0 Å². The highest BCUT2D eigenvalue weighted by Gasteiger charge is 2.22. The number of aromatic carboxylic acids is 1. The molecule has 1 amide bonds. The first-order valence-corrected chi connectivity index (χ1v) is 12.9. The fraction of sp³-hybridized carbons (Fsp3) is 0.227. The Morgan fingerprint density at radius 2 is 1.94 bits per heavy atom. The highest BCUT2D eigenvalue weighted by atomic mass is 35.5. The van der Waals surface area contributed by atoms with Gasteiger partial charge >= 0.3 is 5.97 Å². The number of anilines is 1. The lowest BCUT2D eigenvalue weighted by molar-refractivity contribution is -0.118. The van der Waals surface area contributed by atoms with Crippen LogP contribution in [0.4, 0.5) is 5.69 Å². The summed E-state index contributed by atoms with van der Waals surface area (Å²) in [6.45, 7) is 0.102. The van der Waals surface area contributed by atoms with Crippen LogP contribution >= 0.6 is 23.2 Å². The second-order valence-corrected chi connectivity index (χ2v) is 10.2. The summed E-state index contributed by atoms with van der Waals surface area (Å²) in [5.41, 5.74) is 0.496. The average molecular weight is 541 g/mol. The molecule has 1 unspecified atom stereocenters. The molecule has 0 radical (unpaired) electrons. The predicted octanol–water partition coefficient (Wildman–Crippen LogP) is 3.38. The number of benzene rings is 1. The topological polar surface area (TPSA) is 151 Å². The fourth-order valence-corrected chi connectivity index (χ4v) is 4.01. The molecule has 4 N–H and O–H groups in total. The number of hydrogen-bond donors (Lipinski definition) is 4. The first-order chi connectivity index (χ1) is 16.5. The minimum atomic E-state index is -3.46. The number of nitrogens with one attached hydrogen (secondary N) is 3. The SMILES string of the molecule is CS(=O)(=O)NCCC(NCc1ccc(-c2cc(Cl)ccc2Cl)o1)C(=O)Nc1ccncc1C(=O)O. The molecule has 3 rings (SSSR count). The molecule has 186 valence electrons. The Morgan fingerprint density at radius 1 is 1.17 bits per heavy atom. The van der Waals surface area contributed by atoms with Crippen molar-refractivity contribution in [3.05, 3.63) is 70.2 Å². The lowest BCUT2D eigenvalue weighted by atomic mass is 10.1. The molecule has 35 heavy (non-hydrogen) atoms. The minimum Gasteiger partial charge on any atom is -0.478 e. The van der Waals surface area contributed by atoms with Crippen LogP contribution in [0.3, 0.4) is 0 Å². The maximum absolute atomic E-state index is 12.9. The molecular formula is C22H22Cl2N4O6S. The summed E-state index contributed by atoms with van der Waals surface area (Å²) < 4.78 is 31.0. The molecule has 2 aromatic heterocycles. The largest absolute Gasteiger partial charge is 0.478 e. The van der Waals surface area contributed by atoms with E-state index in [9.17, 15) is 23.1 Å². The number of halogens is 2. The molecule has 0 bridgehead atoms. The molecule has 0 fully saturated rings. The number of rotatable bonds is 11. The van der Waals surface area contributed by atoms with E-state index in [2.05, 4.69) is 20.3 Å². The van der Waals surface area contributed by atoms with Crippen LogP contribution in [-0.2, 0) is 21.4 Å². The van der Waals surface area contributed by atoms with Crippen molar-refractivity contribution in [2.45, 2.75) is 19.0 Å². The zero-order valence-electron chi connectivity index (χ0n) is 18.4. The molecule has 0 aliphatic carbocycles. The number of carboxylic acid groups (broad SMARTS) is 1. The van der Waals surface area contributed by atoms with Gasteiger partial charge in [-0.15, -0.1) is 0 Å². The number of carbonyl (C=O) groups excluding carboxylic acids is 1. The summed E-state index contributed by atoms with van der Waals surface area (Å²) in [6, 6.07) is 8.87. The maximum atomic E-state index is 12.9. The summed E-state index contributed by atoms with van der Waals surface area (Å²) in [5.74, 6) is -0.838. The Morgan fingerprint density at radius 3 is 2.66 bits per heavy atom. The van der Waals surface area contributed by atoms with E-state index >= 15 is 0 Å². The number of furan rings is 1. The van der Waals surface area contributed by atoms with Crippen molar-refractivity contribution in [3.63, 3.8) is 0 Å². The second kappa shape index (κ2) is 11.6. The highest BCUT2D eigenvalue weighted by molar-refractivity contribution is 7.88. The van der Waals surface area contributed by atoms with Gasteiger partial charge in [-0.05, 0) is 42.8 Å². The number of sulfonamides is 1. The molecule has 10 nitrogen and oxygen atoms in total. The van der Waals surface area contributed by atoms with Gasteiger partial charge in [-0.2, -0.15) is 0 Å². The normalized spacial score (nSPS) is 12.3. The van der Waals surface area contributed by atoms with E-state index in [0.29, 0.717) is 27.1 Å². The zero-order valence-corrected chi connectivity index (χ0v) is 20.7. The highest BCUT2D eigenvalue weighted by Crippen LogP contribution is 2.31. The number of amides is 1. The maximum Gasteiger partial charge on any atom is 0.339 e. The van der Waals surface area contributed by atoms with Gasteiger partial charge in [0.05, 0.1) is 29.6 Å². The van der Waals surface area contributed by atoms with E-state index in [0.717, 1.165) is 12.5 Å². The van der Waals surface area contributed by atoms with Gasteiger partial charge < -0.3 is 14.8 Å². The third-order valence-electron chi connectivity index (χ3n) is 4.80. The predicted molar refractivity (Wildman–Crippen MR) is 132 cm³/mol. The Labute approximate surface area is 211 Å². The van der Waals surface area contributed by atoms with Gasteiger partial charge in [-0.3, -0.25) is 15.1 Å². The van der Waals surface area contributed by atoms with Gasteiger partial charge in [0.2, 0.25) is 15.9 Å². The number of nitrogens with zero attached hydrogens (tertiary/aromatic N) is 1. The Kier molecular flexibility index (Phi) is 8.87. The van der Waals surface area contributed by atoms with E-state index in [1.165, 1.54) is 12.3 Å². The lowest BCUT2D eigenvalue weighted by Crippen LogP contribution is -2.42. The Bertz CT molecular complexity index is 1330. The quantitative estimate of drug-likeness (QED) is 0.289. The summed E-state index contributed by atoms with van der Waals surface area (Å²) in [7, 11) is -3.46. The van der Waals surface area contributed by atoms with Crippen LogP contribution in [-0.4, -0.2) is 49.2 Å². The summed E-state index contributed by atoms with van der Waals surface area (Å²) in [4.78, 5) is 28.1. The van der Waals surface area contributed by atoms with Crippen molar-refractivity contribution in [1.29, 1.82) is 0 Å². The van der Waals surface area contributed by atoms with E-state index in [4.69, 9.17) is 27.6 Å². The van der Waals surface area contributed by atoms with Crippen molar-refractivity contribution >= 4 is 50.8 Å². The first-order valence-electron chi connectivity index (χ1n) is 10.2. The van der Waals surface area contributed by atoms with Gasteiger partial charge in [0.15, 0.2) is 0 Å². The Balaban J connectivity index is 1.74. The molecule has 1 atom stereocenters. The molecule has 13 heteroatoms. The third kappa shape index (κ3) is 7.77. The standard InChI is InChI=1S/C22H22Cl2N4O6S/c1-35(32,33)27-9-7-19(21(29)28-18-6-8-25-12-16(18)22(30)31)26-11-14-3-5-20(34-14)15-10-13(23)2-4-17(15)24/h2-6,8,10,12,19,26-27H,7,9,11H2,1H3,(H,30,31)(H,25,28,29). The van der Waals surface area contributed by atoms with Gasteiger partial charge in [0.25, 0.3) is 0 Å². The fourth-order valence-electron chi connectivity index (χ4n) is 3.14. The number of aromatic nitrogens is 1. The van der Waals surface area contributed by atoms with E-state index < -0.39 is 27.9 Å². The summed E-state index contributed by atoms with van der Waals surface area (Å²) >= 11 is 12.3. The average Bonchev–Trinajstić information content (AvgIpc) is 3.26. The molecule has 0 spiro atoms. The van der Waals surface area contributed by atoms with Crippen molar-refractivity contribution in [3.8, 4) is 11.3 Å². The van der Waals surface area contributed by atoms with Crippen molar-refractivity contribution in [2.24, 2.45) is 0 Å². The molecular weight excluding hydrogens is 519 g/mol. The van der Waals surface area contributed by atoms with Gasteiger partial charge in [0.1, 0.15) is 17.1 Å². The minimum absolute atomic E-state index is 0.0203. The second-order valence-electron chi connectivity index (χ2n) is 7.49. The Hall–Kier alpha value is -2.96. The molecule has 0 saturated heterocycles. The van der Waals surface area contributed by atoms with Crippen LogP contribution < -0.4 is 15.4 Å².